The Balaban J connectivity index is 5.05. The summed E-state index contributed by atoms with van der Waals surface area (Å²) in [5, 5.41) is 2.75. The molecule has 0 spiro atoms. The summed E-state index contributed by atoms with van der Waals surface area (Å²) in [4.78, 5) is 24.4. The molecule has 0 rings (SSSR count). The largest absolute Gasteiger partial charge is 0.458 e. The number of nitrogens with one attached hydrogen (secondary N) is 1. The average Bonchev–Trinajstić information content (AvgIpc) is 2.19. The highest BCUT2D eigenvalue weighted by atomic mass is 16.6. The topological polar surface area (TPSA) is 64.6 Å². The van der Waals surface area contributed by atoms with Crippen molar-refractivity contribution in [3.63, 3.8) is 0 Å². The quantitative estimate of drug-likeness (QED) is 0.765. The van der Waals surface area contributed by atoms with Gasteiger partial charge in [-0.25, -0.2) is 4.79 Å². The Kier molecular flexibility index (Phi) is 7.55. The van der Waals surface area contributed by atoms with E-state index in [0.717, 1.165) is 0 Å². The molecule has 2 unspecified atom stereocenters. The van der Waals surface area contributed by atoms with Crippen molar-refractivity contribution in [1.82, 2.24) is 5.32 Å². The van der Waals surface area contributed by atoms with Gasteiger partial charge in [-0.05, 0) is 54.4 Å². The number of carbonyl (C=O) groups excluding carboxylic acids is 2. The summed E-state index contributed by atoms with van der Waals surface area (Å²) in [5.74, 6) is -0.422. The molecule has 0 radical (unpaired) electrons. The first-order valence-corrected chi connectivity index (χ1v) is 7.91. The Bertz CT molecular complexity index is 377. The van der Waals surface area contributed by atoms with Crippen LogP contribution in [0.25, 0.3) is 0 Å². The van der Waals surface area contributed by atoms with Crippen LogP contribution in [0.15, 0.2) is 0 Å². The summed E-state index contributed by atoms with van der Waals surface area (Å²) in [7, 11) is 0. The van der Waals surface area contributed by atoms with Crippen LogP contribution in [0.3, 0.4) is 0 Å². The molecule has 2 atom stereocenters. The van der Waals surface area contributed by atoms with Crippen molar-refractivity contribution in [2.45, 2.75) is 92.1 Å². The van der Waals surface area contributed by atoms with Crippen LogP contribution in [0.4, 0.5) is 0 Å². The van der Waals surface area contributed by atoms with Gasteiger partial charge in [0.25, 0.3) is 0 Å². The molecule has 22 heavy (non-hydrogen) atoms. The van der Waals surface area contributed by atoms with Gasteiger partial charge in [-0.15, -0.1) is 0 Å². The predicted octanol–water partition coefficient (Wildman–Crippen LogP) is 3.06. The Labute approximate surface area is 135 Å². The van der Waals surface area contributed by atoms with Gasteiger partial charge in [-0.2, -0.15) is 0 Å². The third kappa shape index (κ3) is 9.77. The van der Waals surface area contributed by atoms with Crippen LogP contribution in [-0.4, -0.2) is 35.2 Å². The van der Waals surface area contributed by atoms with Gasteiger partial charge in [-0.1, -0.05) is 13.8 Å². The fourth-order valence-electron chi connectivity index (χ4n) is 1.96. The van der Waals surface area contributed by atoms with Crippen LogP contribution in [-0.2, 0) is 19.1 Å². The van der Waals surface area contributed by atoms with Gasteiger partial charge in [0.2, 0.25) is 5.91 Å². The summed E-state index contributed by atoms with van der Waals surface area (Å²) < 4.78 is 11.2. The monoisotopic (exact) mass is 315 g/mol. The van der Waals surface area contributed by atoms with Crippen molar-refractivity contribution in [3.05, 3.63) is 0 Å². The molecule has 1 amide bonds. The molecule has 1 N–H and O–H groups in total. The van der Waals surface area contributed by atoms with E-state index in [9.17, 15) is 9.59 Å². The zero-order valence-electron chi connectivity index (χ0n) is 15.6. The molecule has 0 aromatic carbocycles. The van der Waals surface area contributed by atoms with Crippen molar-refractivity contribution < 1.29 is 19.1 Å². The van der Waals surface area contributed by atoms with Crippen molar-refractivity contribution in [2.24, 2.45) is 5.92 Å². The van der Waals surface area contributed by atoms with Crippen LogP contribution >= 0.6 is 0 Å². The third-order valence-electron chi connectivity index (χ3n) is 2.58. The van der Waals surface area contributed by atoms with Crippen LogP contribution < -0.4 is 5.32 Å². The molecule has 0 aromatic rings. The Morgan fingerprint density at radius 1 is 0.955 bits per heavy atom. The number of ether oxygens (including phenoxy) is 2. The number of hydrogen-bond acceptors (Lipinski definition) is 4. The zero-order valence-corrected chi connectivity index (χ0v) is 15.6. The maximum atomic E-state index is 12.4. The summed E-state index contributed by atoms with van der Waals surface area (Å²) >= 11 is 0. The SMILES string of the molecule is CC(C)CC(=O)NC(C(=O)OC(C)(C)C)C(C)OC(C)(C)C. The molecule has 0 saturated carbocycles. The van der Waals surface area contributed by atoms with E-state index in [-0.39, 0.29) is 11.8 Å². The second kappa shape index (κ2) is 7.95. The number of rotatable bonds is 6. The fraction of sp³-hybridized carbons (Fsp3) is 0.882. The molecule has 0 fully saturated rings. The van der Waals surface area contributed by atoms with Gasteiger partial charge >= 0.3 is 5.97 Å². The smallest absolute Gasteiger partial charge is 0.331 e. The molecule has 130 valence electrons. The molecule has 0 aliphatic heterocycles. The number of esters is 1. The summed E-state index contributed by atoms with van der Waals surface area (Å²) in [6.45, 7) is 16.8. The molecule has 5 heteroatoms. The average molecular weight is 315 g/mol. The van der Waals surface area contributed by atoms with Gasteiger partial charge in [-0.3, -0.25) is 4.79 Å². The van der Waals surface area contributed by atoms with Crippen LogP contribution in [0.1, 0.15) is 68.7 Å². The lowest BCUT2D eigenvalue weighted by molar-refractivity contribution is -0.166. The van der Waals surface area contributed by atoms with Gasteiger partial charge < -0.3 is 14.8 Å². The summed E-state index contributed by atoms with van der Waals surface area (Å²) in [6.07, 6.45) is -0.118. The van der Waals surface area contributed by atoms with E-state index in [2.05, 4.69) is 5.32 Å². The van der Waals surface area contributed by atoms with Crippen LogP contribution in [0.5, 0.6) is 0 Å². The molecule has 5 nitrogen and oxygen atoms in total. The minimum absolute atomic E-state index is 0.171. The molecular weight excluding hydrogens is 282 g/mol. The maximum absolute atomic E-state index is 12.4. The fourth-order valence-corrected chi connectivity index (χ4v) is 1.96. The second-order valence-corrected chi connectivity index (χ2v) is 8.11. The maximum Gasteiger partial charge on any atom is 0.331 e. The minimum atomic E-state index is -0.815. The van der Waals surface area contributed by atoms with E-state index >= 15 is 0 Å². The summed E-state index contributed by atoms with van der Waals surface area (Å²) in [5.41, 5.74) is -1.03. The first-order chi connectivity index (χ1) is 9.71. The molecule has 0 saturated heterocycles. The van der Waals surface area contributed by atoms with Gasteiger partial charge in [0.05, 0.1) is 11.7 Å². The molecule has 0 bridgehead atoms. The first-order valence-electron chi connectivity index (χ1n) is 7.91. The van der Waals surface area contributed by atoms with E-state index in [1.807, 2.05) is 34.6 Å². The lowest BCUT2D eigenvalue weighted by Crippen LogP contribution is -2.52. The molecule has 0 aliphatic carbocycles. The number of hydrogen-bond donors (Lipinski definition) is 1. The zero-order chi connectivity index (χ0) is 17.7. The molecule has 0 heterocycles. The van der Waals surface area contributed by atoms with E-state index < -0.39 is 29.3 Å². The van der Waals surface area contributed by atoms with E-state index in [0.29, 0.717) is 6.42 Å². The highest BCUT2D eigenvalue weighted by molar-refractivity contribution is 5.85. The van der Waals surface area contributed by atoms with Gasteiger partial charge in [0.15, 0.2) is 6.04 Å². The molecule has 0 aromatic heterocycles. The highest BCUT2D eigenvalue weighted by Crippen LogP contribution is 2.16. The van der Waals surface area contributed by atoms with Crippen molar-refractivity contribution in [2.75, 3.05) is 0 Å². The lowest BCUT2D eigenvalue weighted by atomic mass is 10.1. The van der Waals surface area contributed by atoms with Crippen LogP contribution in [0, 0.1) is 5.92 Å². The van der Waals surface area contributed by atoms with Crippen molar-refractivity contribution >= 4 is 11.9 Å². The Morgan fingerprint density at radius 2 is 1.45 bits per heavy atom. The normalized spacial score (nSPS) is 15.4. The van der Waals surface area contributed by atoms with Gasteiger partial charge in [0, 0.05) is 6.42 Å². The Hall–Kier alpha value is -1.10. The molecular formula is C17H33NO4. The van der Waals surface area contributed by atoms with Crippen molar-refractivity contribution in [1.29, 1.82) is 0 Å². The lowest BCUT2D eigenvalue weighted by Gasteiger charge is -2.32. The highest BCUT2D eigenvalue weighted by Gasteiger charge is 2.34. The number of amides is 1. The van der Waals surface area contributed by atoms with Crippen molar-refractivity contribution in [3.8, 4) is 0 Å². The van der Waals surface area contributed by atoms with Crippen LogP contribution in [0.2, 0.25) is 0 Å². The third-order valence-corrected chi connectivity index (χ3v) is 2.58. The molecule has 0 aliphatic rings. The van der Waals surface area contributed by atoms with E-state index in [1.165, 1.54) is 0 Å². The standard InChI is InChI=1S/C17H33NO4/c1-11(2)10-13(19)18-14(12(3)21-16(4,5)6)15(20)22-17(7,8)9/h11-12,14H,10H2,1-9H3,(H,18,19). The minimum Gasteiger partial charge on any atom is -0.458 e. The van der Waals surface area contributed by atoms with E-state index in [1.54, 1.807) is 27.7 Å². The number of carbonyl (C=O) groups is 2. The second-order valence-electron chi connectivity index (χ2n) is 8.11. The predicted molar refractivity (Wildman–Crippen MR) is 87.5 cm³/mol. The summed E-state index contributed by atoms with van der Waals surface area (Å²) in [6, 6.07) is -0.815. The first kappa shape index (κ1) is 20.9. The van der Waals surface area contributed by atoms with E-state index in [4.69, 9.17) is 9.47 Å². The van der Waals surface area contributed by atoms with Gasteiger partial charge in [0.1, 0.15) is 5.60 Å². The Morgan fingerprint density at radius 3 is 1.82 bits per heavy atom.